The lowest BCUT2D eigenvalue weighted by Gasteiger charge is -1.86. The van der Waals surface area contributed by atoms with Gasteiger partial charge < -0.3 is 0 Å². The minimum Gasteiger partial charge on any atom is -0.0607 e. The van der Waals surface area contributed by atoms with Crippen LogP contribution in [0, 0.1) is 5.92 Å². The Morgan fingerprint density at radius 2 is 2.29 bits per heavy atom. The molecule has 0 bridgehead atoms. The topological polar surface area (TPSA) is 26.5 Å². The second-order valence-corrected chi connectivity index (χ2v) is 1.86. The third kappa shape index (κ3) is 5.38. The predicted molar refractivity (Wildman–Crippen MR) is 29.5 cm³/mol. The Morgan fingerprint density at radius 3 is 2.43 bits per heavy atom. The maximum Gasteiger partial charge on any atom is 0.295 e. The summed E-state index contributed by atoms with van der Waals surface area (Å²) in [6, 6.07) is 0. The van der Waals surface area contributed by atoms with E-state index in [0.29, 0.717) is 5.92 Å². The maximum atomic E-state index is 3.69. The molecule has 0 atom stereocenters. The summed E-state index contributed by atoms with van der Waals surface area (Å²) in [7, 11) is 0. The molecule has 0 heterocycles. The molecule has 0 saturated heterocycles. The molecule has 2 nitrogen and oxygen atoms in total. The molecule has 0 rings (SSSR count). The van der Waals surface area contributed by atoms with Gasteiger partial charge in [-0.3, -0.25) is 0 Å². The molecular formula is C5H11N2+. The molecule has 0 unspecified atom stereocenters. The van der Waals surface area contributed by atoms with Gasteiger partial charge in [0.25, 0.3) is 6.72 Å². The fraction of sp³-hybridized carbons (Fsp3) is 0.800. The lowest BCUT2D eigenvalue weighted by Crippen LogP contribution is -1.89. The highest BCUT2D eigenvalue weighted by atomic mass is 15.0. The second-order valence-electron chi connectivity index (χ2n) is 1.86. The number of nitrogens with zero attached hydrogens (tertiary/aromatic N) is 2. The summed E-state index contributed by atoms with van der Waals surface area (Å²) in [5, 5.41) is 3.69. The third-order valence-corrected chi connectivity index (χ3v) is 0.547. The minimum absolute atomic E-state index is 0.602. The standard InChI is InChI=1S/C5H11N2/c1-5(2)4-7-6-3/h5H,3-4H2,1-2H3/q+1. The van der Waals surface area contributed by atoms with E-state index in [1.165, 1.54) is 0 Å². The number of hydrogen-bond donors (Lipinski definition) is 0. The molecule has 0 aromatic carbocycles. The predicted octanol–water partition coefficient (Wildman–Crippen LogP) is 1.00. The van der Waals surface area contributed by atoms with Crippen molar-refractivity contribution in [3.8, 4) is 0 Å². The highest BCUT2D eigenvalue weighted by Crippen LogP contribution is 1.88. The van der Waals surface area contributed by atoms with Crippen LogP contribution in [-0.2, 0) is 0 Å². The van der Waals surface area contributed by atoms with Gasteiger partial charge in [-0.15, -0.1) is 0 Å². The Morgan fingerprint density at radius 1 is 1.71 bits per heavy atom. The summed E-state index contributed by atoms with van der Waals surface area (Å²) in [5.74, 6) is 0.602. The zero-order valence-electron chi connectivity index (χ0n) is 4.89. The summed E-state index contributed by atoms with van der Waals surface area (Å²) in [6.45, 7) is 8.20. The smallest absolute Gasteiger partial charge is 0.0607 e. The lowest BCUT2D eigenvalue weighted by molar-refractivity contribution is -0.0797. The van der Waals surface area contributed by atoms with E-state index in [1.54, 1.807) is 0 Å². The molecule has 0 fully saturated rings. The van der Waals surface area contributed by atoms with E-state index in [9.17, 15) is 0 Å². The van der Waals surface area contributed by atoms with Crippen LogP contribution in [0.25, 0.3) is 0 Å². The summed E-state index contributed by atoms with van der Waals surface area (Å²) in [4.78, 5) is 3.35. The van der Waals surface area contributed by atoms with Gasteiger partial charge in [-0.25, -0.2) is 0 Å². The van der Waals surface area contributed by atoms with Crippen molar-refractivity contribution in [3.63, 3.8) is 0 Å². The first kappa shape index (κ1) is 6.38. The van der Waals surface area contributed by atoms with Crippen molar-refractivity contribution < 1.29 is 4.79 Å². The first-order valence-electron chi connectivity index (χ1n) is 2.40. The molecule has 0 aliphatic carbocycles. The van der Waals surface area contributed by atoms with Gasteiger partial charge in [-0.1, -0.05) is 13.8 Å². The van der Waals surface area contributed by atoms with Crippen LogP contribution in [0.5, 0.6) is 0 Å². The zero-order valence-corrected chi connectivity index (χ0v) is 4.89. The fourth-order valence-corrected chi connectivity index (χ4v) is 0.221. The highest BCUT2D eigenvalue weighted by molar-refractivity contribution is 5.12. The zero-order chi connectivity index (χ0) is 5.70. The van der Waals surface area contributed by atoms with Crippen LogP contribution in [-0.4, -0.2) is 18.1 Å². The molecule has 0 radical (unpaired) electrons. The first-order chi connectivity index (χ1) is 3.27. The van der Waals surface area contributed by atoms with Gasteiger partial charge in [0.15, 0.2) is 0 Å². The minimum atomic E-state index is 0.602. The molecule has 0 saturated carbocycles. The Bertz CT molecular complexity index is 80.1. The molecule has 0 amide bonds. The van der Waals surface area contributed by atoms with Crippen molar-refractivity contribution in [2.24, 2.45) is 11.0 Å². The molecule has 2 heteroatoms. The van der Waals surface area contributed by atoms with Crippen LogP contribution in [0.1, 0.15) is 13.8 Å². The Labute approximate surface area is 44.0 Å². The average Bonchev–Trinajstić information content (AvgIpc) is 1.61. The van der Waals surface area contributed by atoms with Gasteiger partial charge in [-0.05, 0) is 5.92 Å². The fourth-order valence-electron chi connectivity index (χ4n) is 0.221. The lowest BCUT2D eigenvalue weighted by atomic mass is 10.2. The summed E-state index contributed by atoms with van der Waals surface area (Å²) in [5.41, 5.74) is 0. The van der Waals surface area contributed by atoms with Gasteiger partial charge in [0, 0.05) is 4.79 Å². The molecule has 0 N–H and O–H groups in total. The summed E-state index contributed by atoms with van der Waals surface area (Å²) in [6.07, 6.45) is 0. The molecule has 0 aliphatic rings. The molecule has 0 aromatic rings. The Hall–Kier alpha value is -0.620. The van der Waals surface area contributed by atoms with E-state index < -0.39 is 0 Å². The van der Waals surface area contributed by atoms with E-state index in [2.05, 4.69) is 30.5 Å². The van der Waals surface area contributed by atoms with Crippen LogP contribution in [0.3, 0.4) is 0 Å². The Kier molecular flexibility index (Phi) is 3.25. The number of hydrogen-bond acceptors (Lipinski definition) is 1. The average molecular weight is 99.2 g/mol. The highest BCUT2D eigenvalue weighted by Gasteiger charge is 1.90. The van der Waals surface area contributed by atoms with Gasteiger partial charge in [0.1, 0.15) is 6.54 Å². The Balaban J connectivity index is 3.13. The van der Waals surface area contributed by atoms with Crippen molar-refractivity contribution in [2.45, 2.75) is 13.8 Å². The van der Waals surface area contributed by atoms with Gasteiger partial charge in [0.2, 0.25) is 0 Å². The molecule has 0 spiro atoms. The van der Waals surface area contributed by atoms with E-state index in [-0.39, 0.29) is 0 Å². The number of rotatable bonds is 2. The quantitative estimate of drug-likeness (QED) is 0.280. The summed E-state index contributed by atoms with van der Waals surface area (Å²) < 4.78 is 0. The van der Waals surface area contributed by atoms with Gasteiger partial charge in [0.05, 0.1) is 5.11 Å². The summed E-state index contributed by atoms with van der Waals surface area (Å²) >= 11 is 0. The second kappa shape index (κ2) is 3.57. The molecule has 40 valence electrons. The maximum absolute atomic E-state index is 3.69. The first-order valence-corrected chi connectivity index (χ1v) is 2.40. The van der Waals surface area contributed by atoms with Gasteiger partial charge >= 0.3 is 0 Å². The van der Waals surface area contributed by atoms with E-state index >= 15 is 0 Å². The van der Waals surface area contributed by atoms with E-state index in [1.807, 2.05) is 0 Å². The van der Waals surface area contributed by atoms with Crippen LogP contribution in [0.15, 0.2) is 5.11 Å². The molecule has 0 aromatic heterocycles. The van der Waals surface area contributed by atoms with E-state index in [0.717, 1.165) is 6.54 Å². The van der Waals surface area contributed by atoms with Crippen LogP contribution >= 0.6 is 0 Å². The van der Waals surface area contributed by atoms with Crippen LogP contribution < -0.4 is 0 Å². The van der Waals surface area contributed by atoms with Crippen molar-refractivity contribution in [2.75, 3.05) is 6.54 Å². The molecule has 7 heavy (non-hydrogen) atoms. The van der Waals surface area contributed by atoms with Crippen molar-refractivity contribution >= 4 is 6.72 Å². The molecule has 0 aliphatic heterocycles. The monoisotopic (exact) mass is 99.1 g/mol. The van der Waals surface area contributed by atoms with Gasteiger partial charge in [-0.2, -0.15) is 0 Å². The molecular weight excluding hydrogens is 88.1 g/mol. The van der Waals surface area contributed by atoms with Crippen LogP contribution in [0.2, 0.25) is 0 Å². The van der Waals surface area contributed by atoms with Crippen molar-refractivity contribution in [1.29, 1.82) is 0 Å². The van der Waals surface area contributed by atoms with Crippen molar-refractivity contribution in [1.82, 2.24) is 0 Å². The van der Waals surface area contributed by atoms with Crippen molar-refractivity contribution in [3.05, 3.63) is 0 Å². The third-order valence-electron chi connectivity index (χ3n) is 0.547. The normalized spacial score (nSPS) is 8.43. The SMILES string of the molecule is C=[N+]=NCC(C)C. The van der Waals surface area contributed by atoms with Crippen LogP contribution in [0.4, 0.5) is 0 Å². The largest absolute Gasteiger partial charge is 0.295 e. The van der Waals surface area contributed by atoms with E-state index in [4.69, 9.17) is 0 Å².